The third-order valence-electron chi connectivity index (χ3n) is 11.1. The van der Waals surface area contributed by atoms with Crippen LogP contribution in [0, 0.1) is 0 Å². The van der Waals surface area contributed by atoms with E-state index in [2.05, 4.69) is 70.3 Å². The first kappa shape index (κ1) is 47.6. The van der Waals surface area contributed by atoms with Crippen molar-refractivity contribution >= 4 is 33.7 Å². The number of fused-ring (bicyclic) bond motifs is 1. The highest BCUT2D eigenvalue weighted by Crippen LogP contribution is 2.44. The number of nitrogens with zero attached hydrogens (tertiary/aromatic N) is 3. The van der Waals surface area contributed by atoms with Gasteiger partial charge in [-0.15, -0.1) is 0 Å². The summed E-state index contributed by atoms with van der Waals surface area (Å²) in [5, 5.41) is 0. The van der Waals surface area contributed by atoms with Gasteiger partial charge in [-0.2, -0.15) is 4.98 Å². The van der Waals surface area contributed by atoms with Crippen LogP contribution in [-0.4, -0.2) is 135 Å². The van der Waals surface area contributed by atoms with E-state index in [9.17, 15) is 4.79 Å². The molecule has 0 unspecified atom stereocenters. The summed E-state index contributed by atoms with van der Waals surface area (Å²) in [6, 6.07) is 1.93. The van der Waals surface area contributed by atoms with Crippen LogP contribution in [0.2, 0.25) is 34.3 Å². The number of hydrogen-bond donors (Lipinski definition) is 2. The summed E-state index contributed by atoms with van der Waals surface area (Å²) in [5.74, 6) is 0.0342. The molecule has 0 aliphatic carbocycles. The van der Waals surface area contributed by atoms with Crippen LogP contribution >= 0.6 is 0 Å². The Morgan fingerprint density at radius 1 is 0.782 bits per heavy atom. The van der Waals surface area contributed by atoms with Crippen molar-refractivity contribution in [2.24, 2.45) is 0 Å². The van der Waals surface area contributed by atoms with Crippen LogP contribution in [0.15, 0.2) is 11.1 Å². The summed E-state index contributed by atoms with van der Waals surface area (Å²) < 4.78 is 56.6. The van der Waals surface area contributed by atoms with Crippen molar-refractivity contribution in [3.63, 3.8) is 0 Å². The molecule has 0 radical (unpaired) electrons. The predicted octanol–water partition coefficient (Wildman–Crippen LogP) is 6.06. The number of imidazole rings is 1. The highest BCUT2D eigenvalue weighted by Gasteiger charge is 2.49. The molecule has 1 fully saturated rings. The van der Waals surface area contributed by atoms with E-state index in [4.69, 9.17) is 47.7 Å². The molecule has 1 saturated heterocycles. The van der Waals surface area contributed by atoms with Crippen LogP contribution in [0.25, 0.3) is 11.2 Å². The molecule has 2 aromatic heterocycles. The SMILES string of the molecule is COCCOCCOCCC[Si](OC[C@H]1O[C@@H](n2cnc3c(=O)[nH]c(N)nc32)C[C@@H]1O[Si](CCCOCCOCCOC)(C(C)C)C(C)C)(C(C)C)C(C)C. The number of rotatable bonds is 30. The van der Waals surface area contributed by atoms with E-state index in [1.165, 1.54) is 0 Å². The van der Waals surface area contributed by atoms with E-state index in [1.54, 1.807) is 20.5 Å². The molecule has 0 saturated carbocycles. The molecule has 0 spiro atoms. The molecule has 318 valence electrons. The number of H-pyrrole nitrogens is 1. The molecule has 3 atom stereocenters. The van der Waals surface area contributed by atoms with Gasteiger partial charge in [-0.05, 0) is 47.1 Å². The maximum Gasteiger partial charge on any atom is 0.280 e. The van der Waals surface area contributed by atoms with Crippen molar-refractivity contribution in [3.8, 4) is 0 Å². The molecule has 15 nitrogen and oxygen atoms in total. The molecule has 0 amide bonds. The van der Waals surface area contributed by atoms with Crippen LogP contribution in [0.5, 0.6) is 0 Å². The molecule has 0 bridgehead atoms. The fourth-order valence-corrected chi connectivity index (χ4v) is 17.0. The van der Waals surface area contributed by atoms with Crippen LogP contribution in [0.1, 0.15) is 80.9 Å². The zero-order chi connectivity index (χ0) is 40.4. The molecule has 3 rings (SSSR count). The van der Waals surface area contributed by atoms with Crippen LogP contribution < -0.4 is 11.3 Å². The number of nitrogen functional groups attached to an aromatic ring is 1. The van der Waals surface area contributed by atoms with Gasteiger partial charge in [0.05, 0.1) is 71.9 Å². The standard InChI is InChI=1S/C38H73N5O10Si2/c1-28(2)54(29(3)4,23-11-13-47-19-21-49-17-15-45-9)51-26-33-32(25-34(52-33)43-27-40-35-36(43)41-38(39)42-37(35)44)53-55(30(5)6,31(7)8)24-12-14-48-20-22-50-18-16-46-10/h27-34H,11-26H2,1-10H3,(H3,39,41,42,44)/t32-,33+,34+/m0/s1. The number of hydrogen-bond acceptors (Lipinski definition) is 13. The Hall–Kier alpha value is -1.78. The van der Waals surface area contributed by atoms with Gasteiger partial charge in [0, 0.05) is 33.9 Å². The summed E-state index contributed by atoms with van der Waals surface area (Å²) in [6.07, 6.45) is 2.96. The van der Waals surface area contributed by atoms with E-state index in [0.29, 0.717) is 107 Å². The second kappa shape index (κ2) is 24.2. The minimum absolute atomic E-state index is 0.0342. The number of nitrogens with one attached hydrogen (secondary N) is 1. The molecule has 0 aromatic carbocycles. The lowest BCUT2D eigenvalue weighted by molar-refractivity contribution is -0.0391. The normalized spacial score (nSPS) is 18.3. The molecular weight excluding hydrogens is 743 g/mol. The van der Waals surface area contributed by atoms with Crippen molar-refractivity contribution in [1.82, 2.24) is 19.5 Å². The first-order valence-corrected chi connectivity index (χ1v) is 24.8. The van der Waals surface area contributed by atoms with Crippen LogP contribution in [0.4, 0.5) is 5.95 Å². The van der Waals surface area contributed by atoms with E-state index in [1.807, 2.05) is 4.57 Å². The molecule has 1 aliphatic heterocycles. The van der Waals surface area contributed by atoms with E-state index in [0.717, 1.165) is 24.9 Å². The summed E-state index contributed by atoms with van der Waals surface area (Å²) in [6.45, 7) is 24.5. The van der Waals surface area contributed by atoms with Crippen LogP contribution in [-0.2, 0) is 42.0 Å². The number of nitrogens with two attached hydrogens (primary N) is 1. The number of anilines is 1. The Morgan fingerprint density at radius 2 is 1.27 bits per heavy atom. The highest BCUT2D eigenvalue weighted by atomic mass is 28.4. The van der Waals surface area contributed by atoms with Crippen molar-refractivity contribution in [2.45, 2.75) is 127 Å². The first-order chi connectivity index (χ1) is 26.3. The summed E-state index contributed by atoms with van der Waals surface area (Å²) in [5.41, 5.74) is 7.67. The number of aromatic nitrogens is 4. The lowest BCUT2D eigenvalue weighted by Gasteiger charge is -2.43. The third-order valence-corrected chi connectivity index (χ3v) is 22.6. The van der Waals surface area contributed by atoms with Crippen molar-refractivity contribution < 1.29 is 42.0 Å². The molecule has 3 N–H and O–H groups in total. The summed E-state index contributed by atoms with van der Waals surface area (Å²) in [7, 11) is -1.37. The fourth-order valence-electron chi connectivity index (χ4n) is 7.87. The van der Waals surface area contributed by atoms with Gasteiger partial charge in [0.25, 0.3) is 5.56 Å². The van der Waals surface area contributed by atoms with Crippen molar-refractivity contribution in [3.05, 3.63) is 16.7 Å². The molecule has 1 aliphatic rings. The first-order valence-electron chi connectivity index (χ1n) is 20.3. The van der Waals surface area contributed by atoms with Gasteiger partial charge >= 0.3 is 0 Å². The molecule has 17 heteroatoms. The topological polar surface area (TPSA) is 173 Å². The lowest BCUT2D eigenvalue weighted by Crippen LogP contribution is -2.51. The average molecular weight is 816 g/mol. The molecule has 55 heavy (non-hydrogen) atoms. The Bertz CT molecular complexity index is 1400. The van der Waals surface area contributed by atoms with Gasteiger partial charge in [-0.1, -0.05) is 55.4 Å². The maximum atomic E-state index is 12.7. The lowest BCUT2D eigenvalue weighted by atomic mass is 10.2. The second-order valence-electron chi connectivity index (χ2n) is 15.8. The zero-order valence-electron chi connectivity index (χ0n) is 35.4. The minimum Gasteiger partial charge on any atom is -0.414 e. The zero-order valence-corrected chi connectivity index (χ0v) is 37.4. The van der Waals surface area contributed by atoms with Crippen molar-refractivity contribution in [2.75, 3.05) is 92.6 Å². The summed E-state index contributed by atoms with van der Waals surface area (Å²) >= 11 is 0. The Labute approximate surface area is 331 Å². The number of methoxy groups -OCH3 is 2. The largest absolute Gasteiger partial charge is 0.414 e. The fraction of sp³-hybridized carbons (Fsp3) is 0.868. The molecular formula is C38H73N5O10Si2. The van der Waals surface area contributed by atoms with E-state index < -0.39 is 22.9 Å². The maximum absolute atomic E-state index is 12.7. The number of ether oxygens (including phenoxy) is 7. The van der Waals surface area contributed by atoms with Gasteiger partial charge in [-0.25, -0.2) is 4.98 Å². The quantitative estimate of drug-likeness (QED) is 0.0689. The smallest absolute Gasteiger partial charge is 0.280 e. The third kappa shape index (κ3) is 13.7. The monoisotopic (exact) mass is 815 g/mol. The minimum atomic E-state index is -2.39. The predicted molar refractivity (Wildman–Crippen MR) is 220 cm³/mol. The Kier molecular flexibility index (Phi) is 21.0. The summed E-state index contributed by atoms with van der Waals surface area (Å²) in [4.78, 5) is 24.1. The second-order valence-corrected chi connectivity index (χ2v) is 25.7. The average Bonchev–Trinajstić information content (AvgIpc) is 3.74. The molecule has 3 heterocycles. The van der Waals surface area contributed by atoms with E-state index in [-0.39, 0.29) is 29.2 Å². The van der Waals surface area contributed by atoms with Gasteiger partial charge in [0.15, 0.2) is 27.8 Å². The van der Waals surface area contributed by atoms with Crippen molar-refractivity contribution in [1.29, 1.82) is 0 Å². The van der Waals surface area contributed by atoms with Gasteiger partial charge < -0.3 is 47.7 Å². The van der Waals surface area contributed by atoms with Gasteiger partial charge in [-0.3, -0.25) is 14.3 Å². The van der Waals surface area contributed by atoms with Crippen LogP contribution in [0.3, 0.4) is 0 Å². The Balaban J connectivity index is 1.81. The van der Waals surface area contributed by atoms with Gasteiger partial charge in [0.2, 0.25) is 5.95 Å². The molecule has 2 aromatic rings. The number of aromatic amines is 1. The Morgan fingerprint density at radius 3 is 1.78 bits per heavy atom. The van der Waals surface area contributed by atoms with Gasteiger partial charge in [0.1, 0.15) is 12.3 Å². The van der Waals surface area contributed by atoms with E-state index >= 15 is 0 Å². The highest BCUT2D eigenvalue weighted by molar-refractivity contribution is 6.77.